The summed E-state index contributed by atoms with van der Waals surface area (Å²) in [6.45, 7) is 8.72. The lowest BCUT2D eigenvalue weighted by Gasteiger charge is -2.60. The molecule has 35 heavy (non-hydrogen) atoms. The topological polar surface area (TPSA) is 102 Å². The molecular formula is C27H41O7P. The predicted molar refractivity (Wildman–Crippen MR) is 134 cm³/mol. The number of ether oxygens (including phenoxy) is 1. The maximum absolute atomic E-state index is 12.7. The zero-order chi connectivity index (χ0) is 25.4. The van der Waals surface area contributed by atoms with Crippen LogP contribution in [0.25, 0.3) is 0 Å². The SMILES string of the molecule is CCOP(COC1CC2(O)C(C(=O)CO)CC[C@H]2C2C[C@H](CC)C3=CC(=O)C=CC3(C)[C@@H]12)OCC. The molecule has 0 amide bonds. The van der Waals surface area contributed by atoms with Crippen LogP contribution in [0.15, 0.2) is 23.8 Å². The van der Waals surface area contributed by atoms with Crippen molar-refractivity contribution in [3.05, 3.63) is 23.8 Å². The van der Waals surface area contributed by atoms with Gasteiger partial charge in [0.15, 0.2) is 19.9 Å². The second-order valence-electron chi connectivity index (χ2n) is 10.7. The molecule has 7 nitrogen and oxygen atoms in total. The molecular weight excluding hydrogens is 467 g/mol. The van der Waals surface area contributed by atoms with E-state index in [0.29, 0.717) is 32.4 Å². The first-order valence-corrected chi connectivity index (χ1v) is 14.6. The number of rotatable bonds is 10. The van der Waals surface area contributed by atoms with Crippen LogP contribution >= 0.6 is 8.38 Å². The minimum absolute atomic E-state index is 0.0323. The van der Waals surface area contributed by atoms with E-state index < -0.39 is 26.5 Å². The van der Waals surface area contributed by atoms with Gasteiger partial charge in [-0.15, -0.1) is 0 Å². The van der Waals surface area contributed by atoms with E-state index in [1.807, 2.05) is 19.9 Å². The van der Waals surface area contributed by atoms with Crippen molar-refractivity contribution in [1.82, 2.24) is 0 Å². The molecule has 0 radical (unpaired) electrons. The Bertz CT molecular complexity index is 866. The van der Waals surface area contributed by atoms with E-state index in [0.717, 1.165) is 19.3 Å². The van der Waals surface area contributed by atoms with E-state index in [9.17, 15) is 19.8 Å². The van der Waals surface area contributed by atoms with Crippen molar-refractivity contribution in [2.45, 2.75) is 71.5 Å². The number of carbonyl (C=O) groups is 2. The molecule has 3 saturated carbocycles. The Morgan fingerprint density at radius 1 is 1.20 bits per heavy atom. The van der Waals surface area contributed by atoms with Gasteiger partial charge < -0.3 is 24.0 Å². The average Bonchev–Trinajstić information content (AvgIpc) is 3.19. The summed E-state index contributed by atoms with van der Waals surface area (Å²) in [5, 5.41) is 21.7. The van der Waals surface area contributed by atoms with Crippen LogP contribution in [0.1, 0.15) is 59.8 Å². The molecule has 0 saturated heterocycles. The van der Waals surface area contributed by atoms with Crippen LogP contribution in [0.3, 0.4) is 0 Å². The fourth-order valence-corrected chi connectivity index (χ4v) is 8.89. The number of hydrogen-bond donors (Lipinski definition) is 2. The summed E-state index contributed by atoms with van der Waals surface area (Å²) >= 11 is 0. The molecule has 0 aliphatic heterocycles. The number of carbonyl (C=O) groups excluding carboxylic acids is 2. The third-order valence-corrected chi connectivity index (χ3v) is 10.6. The molecule has 0 aromatic rings. The molecule has 0 spiro atoms. The van der Waals surface area contributed by atoms with E-state index in [2.05, 4.69) is 19.9 Å². The van der Waals surface area contributed by atoms with Crippen LogP contribution < -0.4 is 0 Å². The van der Waals surface area contributed by atoms with Gasteiger partial charge in [-0.05, 0) is 69.4 Å². The van der Waals surface area contributed by atoms with E-state index in [4.69, 9.17) is 13.8 Å². The zero-order valence-electron chi connectivity index (χ0n) is 21.4. The van der Waals surface area contributed by atoms with E-state index >= 15 is 0 Å². The second-order valence-corrected chi connectivity index (χ2v) is 12.1. The molecule has 8 atom stereocenters. The largest absolute Gasteiger partial charge is 0.389 e. The van der Waals surface area contributed by atoms with Gasteiger partial charge >= 0.3 is 0 Å². The molecule has 0 aromatic carbocycles. The van der Waals surface area contributed by atoms with Gasteiger partial charge in [-0.25, -0.2) is 0 Å². The lowest BCUT2D eigenvalue weighted by molar-refractivity contribution is -0.186. The number of aliphatic hydroxyl groups excluding tert-OH is 1. The average molecular weight is 509 g/mol. The van der Waals surface area contributed by atoms with Crippen molar-refractivity contribution in [3.63, 3.8) is 0 Å². The Balaban J connectivity index is 1.73. The summed E-state index contributed by atoms with van der Waals surface area (Å²) < 4.78 is 18.1. The molecule has 4 rings (SSSR count). The van der Waals surface area contributed by atoms with Crippen molar-refractivity contribution in [2.75, 3.05) is 26.2 Å². The molecule has 0 bridgehead atoms. The lowest BCUT2D eigenvalue weighted by atomic mass is 9.46. The van der Waals surface area contributed by atoms with Crippen molar-refractivity contribution in [3.8, 4) is 0 Å². The molecule has 4 aliphatic carbocycles. The zero-order valence-corrected chi connectivity index (χ0v) is 22.3. The lowest BCUT2D eigenvalue weighted by Crippen LogP contribution is -2.62. The molecule has 4 aliphatic rings. The molecule has 3 fully saturated rings. The first-order chi connectivity index (χ1) is 16.7. The molecule has 2 N–H and O–H groups in total. The highest BCUT2D eigenvalue weighted by molar-refractivity contribution is 7.47. The molecule has 0 aromatic heterocycles. The van der Waals surface area contributed by atoms with Gasteiger partial charge in [-0.3, -0.25) is 9.59 Å². The van der Waals surface area contributed by atoms with Gasteiger partial charge in [-0.1, -0.05) is 25.5 Å². The highest BCUT2D eigenvalue weighted by atomic mass is 31.2. The van der Waals surface area contributed by atoms with Crippen LogP contribution in [-0.4, -0.2) is 59.7 Å². The summed E-state index contributed by atoms with van der Waals surface area (Å²) in [5.41, 5.74) is -0.385. The maximum atomic E-state index is 12.7. The fourth-order valence-electron chi connectivity index (χ4n) is 7.78. The molecule has 196 valence electrons. The van der Waals surface area contributed by atoms with Gasteiger partial charge in [0.1, 0.15) is 13.0 Å². The van der Waals surface area contributed by atoms with Crippen LogP contribution in [0, 0.1) is 35.0 Å². The van der Waals surface area contributed by atoms with Gasteiger partial charge in [0.2, 0.25) is 0 Å². The summed E-state index contributed by atoms with van der Waals surface area (Å²) in [6, 6.07) is 0. The summed E-state index contributed by atoms with van der Waals surface area (Å²) in [7, 11) is -1.22. The van der Waals surface area contributed by atoms with Gasteiger partial charge in [0.05, 0.1) is 24.9 Å². The van der Waals surface area contributed by atoms with Crippen molar-refractivity contribution in [2.24, 2.45) is 35.0 Å². The van der Waals surface area contributed by atoms with Crippen molar-refractivity contribution >= 4 is 19.9 Å². The number of hydrogen-bond acceptors (Lipinski definition) is 7. The Hall–Kier alpha value is -0.950. The summed E-state index contributed by atoms with van der Waals surface area (Å²) in [5.74, 6) is -0.403. The molecule has 8 heteroatoms. The van der Waals surface area contributed by atoms with Gasteiger partial charge in [0, 0.05) is 23.7 Å². The third kappa shape index (κ3) is 4.73. The number of ketones is 2. The van der Waals surface area contributed by atoms with Crippen LogP contribution in [0.2, 0.25) is 0 Å². The Morgan fingerprint density at radius 2 is 1.91 bits per heavy atom. The Labute approximate surface area is 210 Å². The minimum atomic E-state index is -1.22. The standard InChI is InChI=1S/C27H41O7P/c1-5-17-12-19-20-8-9-21(23(30)15-28)27(20,31)14-24(32-16-35(33-6-2)34-7-3)25(19)26(4)11-10-18(29)13-22(17)26/h10-11,13,17,19-21,24-25,28,31H,5-9,12,14-16H2,1-4H3/t17-,19?,20-,21?,24?,25+,26?,27?/m0/s1. The molecule has 5 unspecified atom stereocenters. The third-order valence-electron chi connectivity index (χ3n) is 9.10. The first kappa shape index (κ1) is 27.1. The quantitative estimate of drug-likeness (QED) is 0.427. The van der Waals surface area contributed by atoms with Crippen LogP contribution in [-0.2, 0) is 23.4 Å². The Kier molecular flexibility index (Phi) is 8.37. The van der Waals surface area contributed by atoms with Crippen LogP contribution in [0.5, 0.6) is 0 Å². The fraction of sp³-hybridized carbons (Fsp3) is 0.778. The van der Waals surface area contributed by atoms with E-state index in [-0.39, 0.29) is 46.8 Å². The Morgan fingerprint density at radius 3 is 2.54 bits per heavy atom. The van der Waals surface area contributed by atoms with E-state index in [1.165, 1.54) is 5.57 Å². The monoisotopic (exact) mass is 508 g/mol. The van der Waals surface area contributed by atoms with Gasteiger partial charge in [-0.2, -0.15) is 0 Å². The number of aliphatic hydroxyl groups is 2. The normalized spacial score (nSPS) is 40.3. The summed E-state index contributed by atoms with van der Waals surface area (Å²) in [6.07, 6.45) is 8.98. The van der Waals surface area contributed by atoms with E-state index in [1.54, 1.807) is 6.08 Å². The molecule has 0 heterocycles. The summed E-state index contributed by atoms with van der Waals surface area (Å²) in [4.78, 5) is 25.1. The highest BCUT2D eigenvalue weighted by Gasteiger charge is 2.65. The second kappa shape index (κ2) is 10.8. The number of allylic oxidation sites excluding steroid dienone is 4. The number of fused-ring (bicyclic) bond motifs is 5. The van der Waals surface area contributed by atoms with Gasteiger partial charge in [0.25, 0.3) is 0 Å². The first-order valence-electron chi connectivity index (χ1n) is 13.2. The maximum Gasteiger partial charge on any atom is 0.198 e. The highest BCUT2D eigenvalue weighted by Crippen LogP contribution is 2.65. The predicted octanol–water partition coefficient (Wildman–Crippen LogP) is 4.17. The minimum Gasteiger partial charge on any atom is -0.389 e. The smallest absolute Gasteiger partial charge is 0.198 e. The number of Topliss-reactive ketones (excluding diaryl/α,β-unsaturated/α-hetero) is 1. The van der Waals surface area contributed by atoms with Crippen LogP contribution in [0.4, 0.5) is 0 Å². The van der Waals surface area contributed by atoms with Crippen molar-refractivity contribution < 1.29 is 33.6 Å². The van der Waals surface area contributed by atoms with Crippen molar-refractivity contribution in [1.29, 1.82) is 0 Å².